The van der Waals surface area contributed by atoms with Gasteiger partial charge in [-0.1, -0.05) is 74.5 Å². The minimum atomic E-state index is -0.367. The van der Waals surface area contributed by atoms with Crippen molar-refractivity contribution in [2.24, 2.45) is 0 Å². The fourth-order valence-electron chi connectivity index (χ4n) is 3.38. The van der Waals surface area contributed by atoms with Gasteiger partial charge in [0.05, 0.1) is 0 Å². The van der Waals surface area contributed by atoms with Crippen LogP contribution in [0.25, 0.3) is 0 Å². The Hall–Kier alpha value is -0.273. The maximum atomic E-state index is 5.96. The fraction of sp³-hybridized carbons (Fsp3) is 0.647. The molecule has 2 rings (SSSR count). The number of unbranched alkanes of at least 4 members (excludes halogenated alkanes) is 3. The molecule has 1 saturated heterocycles. The SMILES string of the molecule is CCCCCC[Si@H]1CC[C@H](c2ccc(Cl)cc2)CC1. The molecule has 0 radical (unpaired) electrons. The third kappa shape index (κ3) is 4.96. The van der Waals surface area contributed by atoms with E-state index in [1.165, 1.54) is 44.1 Å². The van der Waals surface area contributed by atoms with E-state index in [1.54, 1.807) is 18.1 Å². The van der Waals surface area contributed by atoms with E-state index in [2.05, 4.69) is 19.1 Å². The molecule has 2 heteroatoms. The van der Waals surface area contributed by atoms with Crippen molar-refractivity contribution in [3.63, 3.8) is 0 Å². The predicted molar refractivity (Wildman–Crippen MR) is 89.1 cm³/mol. The van der Waals surface area contributed by atoms with Crippen LogP contribution in [-0.4, -0.2) is 8.80 Å². The quantitative estimate of drug-likeness (QED) is 0.444. The highest BCUT2D eigenvalue weighted by atomic mass is 35.5. The third-order valence-electron chi connectivity index (χ3n) is 4.65. The number of hydrogen-bond donors (Lipinski definition) is 0. The second-order valence-corrected chi connectivity index (χ2v) is 10.0. The molecule has 1 aromatic carbocycles. The zero-order chi connectivity index (χ0) is 13.5. The Kier molecular flexibility index (Phi) is 6.46. The van der Waals surface area contributed by atoms with Crippen LogP contribution in [0.15, 0.2) is 24.3 Å². The lowest BCUT2D eigenvalue weighted by Gasteiger charge is -2.28. The molecule has 1 aliphatic heterocycles. The van der Waals surface area contributed by atoms with E-state index < -0.39 is 0 Å². The first-order chi connectivity index (χ1) is 9.29. The molecular formula is C17H27ClSi. The van der Waals surface area contributed by atoms with Gasteiger partial charge >= 0.3 is 0 Å². The van der Waals surface area contributed by atoms with Crippen LogP contribution in [-0.2, 0) is 0 Å². The molecule has 1 fully saturated rings. The second-order valence-electron chi connectivity index (χ2n) is 6.12. The smallest absolute Gasteiger partial charge is 0.0406 e. The van der Waals surface area contributed by atoms with E-state index >= 15 is 0 Å². The highest BCUT2D eigenvalue weighted by molar-refractivity contribution is 6.59. The zero-order valence-corrected chi connectivity index (χ0v) is 14.1. The van der Waals surface area contributed by atoms with Gasteiger partial charge in [0.25, 0.3) is 0 Å². The van der Waals surface area contributed by atoms with E-state index in [-0.39, 0.29) is 8.80 Å². The van der Waals surface area contributed by atoms with Crippen molar-refractivity contribution in [3.05, 3.63) is 34.9 Å². The topological polar surface area (TPSA) is 0 Å². The van der Waals surface area contributed by atoms with Crippen LogP contribution in [0.2, 0.25) is 23.2 Å². The van der Waals surface area contributed by atoms with Crippen LogP contribution < -0.4 is 0 Å². The Morgan fingerprint density at radius 1 is 1.05 bits per heavy atom. The molecule has 0 unspecified atom stereocenters. The summed E-state index contributed by atoms with van der Waals surface area (Å²) in [6, 6.07) is 13.3. The summed E-state index contributed by atoms with van der Waals surface area (Å²) in [4.78, 5) is 0. The van der Waals surface area contributed by atoms with Gasteiger partial charge in [0, 0.05) is 13.8 Å². The third-order valence-corrected chi connectivity index (χ3v) is 8.43. The summed E-state index contributed by atoms with van der Waals surface area (Å²) in [5.41, 5.74) is 1.52. The molecule has 0 saturated carbocycles. The van der Waals surface area contributed by atoms with E-state index in [0.717, 1.165) is 10.9 Å². The van der Waals surface area contributed by atoms with Crippen molar-refractivity contribution in [3.8, 4) is 0 Å². The van der Waals surface area contributed by atoms with Gasteiger partial charge < -0.3 is 0 Å². The largest absolute Gasteiger partial charge is 0.0843 e. The van der Waals surface area contributed by atoms with Crippen LogP contribution in [0.3, 0.4) is 0 Å². The molecule has 1 aliphatic rings. The number of halogens is 1. The van der Waals surface area contributed by atoms with Gasteiger partial charge in [0.2, 0.25) is 0 Å². The molecule has 0 aromatic heterocycles. The van der Waals surface area contributed by atoms with Gasteiger partial charge in [-0.2, -0.15) is 0 Å². The van der Waals surface area contributed by atoms with Crippen LogP contribution in [0, 0.1) is 0 Å². The highest BCUT2D eigenvalue weighted by Crippen LogP contribution is 2.35. The van der Waals surface area contributed by atoms with Crippen LogP contribution in [0.5, 0.6) is 0 Å². The summed E-state index contributed by atoms with van der Waals surface area (Å²) in [5, 5.41) is 0.864. The first kappa shape index (κ1) is 15.1. The Morgan fingerprint density at radius 2 is 1.74 bits per heavy atom. The Labute approximate surface area is 125 Å². The van der Waals surface area contributed by atoms with Crippen molar-refractivity contribution < 1.29 is 0 Å². The number of hydrogen-bond acceptors (Lipinski definition) is 0. The van der Waals surface area contributed by atoms with Gasteiger partial charge in [0.15, 0.2) is 0 Å². The first-order valence-corrected chi connectivity index (χ1v) is 10.9. The van der Waals surface area contributed by atoms with Gasteiger partial charge in [-0.05, 0) is 36.5 Å². The average Bonchev–Trinajstić information content (AvgIpc) is 2.45. The Morgan fingerprint density at radius 3 is 2.37 bits per heavy atom. The fourth-order valence-corrected chi connectivity index (χ4v) is 6.98. The summed E-state index contributed by atoms with van der Waals surface area (Å²) >= 11 is 5.96. The molecule has 0 amide bonds. The summed E-state index contributed by atoms with van der Waals surface area (Å²) in [7, 11) is -0.367. The van der Waals surface area contributed by atoms with Gasteiger partial charge in [-0.3, -0.25) is 0 Å². The van der Waals surface area contributed by atoms with Crippen molar-refractivity contribution in [2.75, 3.05) is 0 Å². The summed E-state index contributed by atoms with van der Waals surface area (Å²) < 4.78 is 0. The molecule has 1 aromatic rings. The zero-order valence-electron chi connectivity index (χ0n) is 12.2. The number of benzene rings is 1. The molecule has 106 valence electrons. The average molecular weight is 295 g/mol. The predicted octanol–water partition coefficient (Wildman–Crippen LogP) is 6.02. The summed E-state index contributed by atoms with van der Waals surface area (Å²) in [6.45, 7) is 2.30. The number of rotatable bonds is 6. The first-order valence-electron chi connectivity index (χ1n) is 8.05. The minimum Gasteiger partial charge on any atom is -0.0843 e. The van der Waals surface area contributed by atoms with E-state index in [0.29, 0.717) is 0 Å². The normalized spacial score (nSPS) is 23.5. The molecule has 0 aliphatic carbocycles. The maximum absolute atomic E-state index is 5.96. The Bertz CT molecular complexity index is 352. The molecule has 0 nitrogen and oxygen atoms in total. The van der Waals surface area contributed by atoms with E-state index in [9.17, 15) is 0 Å². The molecule has 19 heavy (non-hydrogen) atoms. The summed E-state index contributed by atoms with van der Waals surface area (Å²) in [5.74, 6) is 0.816. The van der Waals surface area contributed by atoms with Gasteiger partial charge in [0.1, 0.15) is 0 Å². The van der Waals surface area contributed by atoms with Crippen molar-refractivity contribution in [1.82, 2.24) is 0 Å². The monoisotopic (exact) mass is 294 g/mol. The molecule has 0 atom stereocenters. The van der Waals surface area contributed by atoms with Crippen LogP contribution >= 0.6 is 11.6 Å². The van der Waals surface area contributed by atoms with Crippen LogP contribution in [0.1, 0.15) is 56.9 Å². The van der Waals surface area contributed by atoms with Crippen LogP contribution in [0.4, 0.5) is 0 Å². The minimum absolute atomic E-state index is 0.367. The van der Waals surface area contributed by atoms with E-state index in [4.69, 9.17) is 11.6 Å². The van der Waals surface area contributed by atoms with Crippen molar-refractivity contribution in [2.45, 2.75) is 69.5 Å². The molecule has 1 heterocycles. The lowest BCUT2D eigenvalue weighted by molar-refractivity contribution is 0.602. The molecular weight excluding hydrogens is 268 g/mol. The Balaban J connectivity index is 1.71. The van der Waals surface area contributed by atoms with Gasteiger partial charge in [-0.25, -0.2) is 0 Å². The molecule has 0 N–H and O–H groups in total. The van der Waals surface area contributed by atoms with Gasteiger partial charge in [-0.15, -0.1) is 0 Å². The van der Waals surface area contributed by atoms with Crippen molar-refractivity contribution >= 4 is 20.4 Å². The lowest BCUT2D eigenvalue weighted by Crippen LogP contribution is -2.20. The summed E-state index contributed by atoms with van der Waals surface area (Å²) in [6.07, 6.45) is 8.66. The van der Waals surface area contributed by atoms with Crippen molar-refractivity contribution in [1.29, 1.82) is 0 Å². The molecule has 0 spiro atoms. The standard InChI is InChI=1S/C17H27ClSi/c1-2-3-4-5-12-19-13-10-16(11-14-19)15-6-8-17(18)9-7-15/h6-9,16,19H,2-5,10-14H2,1H3/t16-,19-. The molecule has 0 bridgehead atoms. The maximum Gasteiger partial charge on any atom is 0.0406 e. The second kappa shape index (κ2) is 8.11. The van der Waals surface area contributed by atoms with E-state index in [1.807, 2.05) is 12.1 Å². The highest BCUT2D eigenvalue weighted by Gasteiger charge is 2.22. The lowest BCUT2D eigenvalue weighted by atomic mass is 9.94.